The third-order valence-corrected chi connectivity index (χ3v) is 6.01. The van der Waals surface area contributed by atoms with E-state index in [0.29, 0.717) is 19.5 Å². The van der Waals surface area contributed by atoms with Crippen LogP contribution in [0.2, 0.25) is 0 Å². The molecule has 0 spiro atoms. The van der Waals surface area contributed by atoms with E-state index in [9.17, 15) is 14.7 Å². The summed E-state index contributed by atoms with van der Waals surface area (Å²) in [6.07, 6.45) is 1.56. The summed E-state index contributed by atoms with van der Waals surface area (Å²) in [6.45, 7) is 2.82. The van der Waals surface area contributed by atoms with Gasteiger partial charge in [-0.2, -0.15) is 0 Å². The topological polar surface area (TPSA) is 77.0 Å². The van der Waals surface area contributed by atoms with Crippen molar-refractivity contribution in [3.05, 3.63) is 42.1 Å². The van der Waals surface area contributed by atoms with E-state index < -0.39 is 18.2 Å². The number of carbonyl (C=O) groups excluding carboxylic acids is 2. The Morgan fingerprint density at radius 3 is 2.74 bits per heavy atom. The molecule has 2 amide bonds. The molecule has 1 aromatic heterocycles. The van der Waals surface area contributed by atoms with Crippen LogP contribution in [0.5, 0.6) is 0 Å². The largest absolute Gasteiger partial charge is 0.391 e. The van der Waals surface area contributed by atoms with Gasteiger partial charge in [-0.1, -0.05) is 18.2 Å². The highest BCUT2D eigenvalue weighted by molar-refractivity contribution is 5.98. The summed E-state index contributed by atoms with van der Waals surface area (Å²) in [5.74, 6) is -0.0365. The Labute approximate surface area is 157 Å². The van der Waals surface area contributed by atoms with Crippen molar-refractivity contribution in [2.75, 3.05) is 26.2 Å². The smallest absolute Gasteiger partial charge is 0.247 e. The van der Waals surface area contributed by atoms with Gasteiger partial charge in [0.2, 0.25) is 11.8 Å². The average Bonchev–Trinajstić information content (AvgIpc) is 3.09. The average molecular weight is 366 g/mol. The Bertz CT molecular complexity index is 912. The maximum Gasteiger partial charge on any atom is 0.247 e. The van der Waals surface area contributed by atoms with Gasteiger partial charge in [-0.05, 0) is 17.7 Å². The van der Waals surface area contributed by atoms with Crippen LogP contribution in [0.1, 0.15) is 12.0 Å². The first kappa shape index (κ1) is 16.6. The van der Waals surface area contributed by atoms with Gasteiger partial charge < -0.3 is 14.9 Å². The zero-order chi connectivity index (χ0) is 18.5. The quantitative estimate of drug-likeness (QED) is 0.823. The van der Waals surface area contributed by atoms with E-state index in [1.165, 1.54) is 5.56 Å². The second-order valence-corrected chi connectivity index (χ2v) is 7.67. The lowest BCUT2D eigenvalue weighted by Crippen LogP contribution is -2.68. The van der Waals surface area contributed by atoms with Crippen LogP contribution in [0.25, 0.3) is 10.9 Å². The summed E-state index contributed by atoms with van der Waals surface area (Å²) in [6, 6.07) is 9.19. The van der Waals surface area contributed by atoms with Crippen LogP contribution in [0, 0.1) is 0 Å². The minimum absolute atomic E-state index is 0.00911. The fourth-order valence-corrected chi connectivity index (χ4v) is 4.68. The molecule has 3 aliphatic rings. The second kappa shape index (κ2) is 6.28. The Morgan fingerprint density at radius 2 is 1.85 bits per heavy atom. The SMILES string of the molecule is O=C1[C@@H]2C[C@@H](O)CN2C(=O)[C@H]2CN(Cc3cccc4ncccc34)CCN12. The van der Waals surface area contributed by atoms with E-state index in [-0.39, 0.29) is 18.4 Å². The Balaban J connectivity index is 1.37. The molecule has 5 rings (SSSR count). The number of hydrogen-bond donors (Lipinski definition) is 1. The van der Waals surface area contributed by atoms with Crippen LogP contribution in [0.15, 0.2) is 36.5 Å². The lowest BCUT2D eigenvalue weighted by molar-refractivity contribution is -0.163. The van der Waals surface area contributed by atoms with Gasteiger partial charge in [0.25, 0.3) is 0 Å². The van der Waals surface area contributed by atoms with Gasteiger partial charge in [0, 0.05) is 50.7 Å². The number of benzene rings is 1. The van der Waals surface area contributed by atoms with E-state index in [4.69, 9.17) is 0 Å². The van der Waals surface area contributed by atoms with Crippen molar-refractivity contribution >= 4 is 22.7 Å². The normalized spacial score (nSPS) is 28.6. The van der Waals surface area contributed by atoms with Gasteiger partial charge in [-0.25, -0.2) is 0 Å². The standard InChI is InChI=1S/C20H22N4O3/c25-14-9-17-19(26)23-8-7-22(12-18(23)20(27)24(17)11-14)10-13-3-1-5-16-15(13)4-2-6-21-16/h1-6,14,17-18,25H,7-12H2/t14-,17+,18-/m1/s1. The molecule has 3 aliphatic heterocycles. The van der Waals surface area contributed by atoms with Crippen molar-refractivity contribution in [3.8, 4) is 0 Å². The molecular weight excluding hydrogens is 344 g/mol. The maximum atomic E-state index is 12.9. The highest BCUT2D eigenvalue weighted by Gasteiger charge is 2.51. The summed E-state index contributed by atoms with van der Waals surface area (Å²) >= 11 is 0. The minimum atomic E-state index is -0.594. The lowest BCUT2D eigenvalue weighted by atomic mass is 10.0. The molecule has 2 aromatic rings. The number of fused-ring (bicyclic) bond motifs is 3. The highest BCUT2D eigenvalue weighted by Crippen LogP contribution is 2.30. The number of nitrogens with zero attached hydrogens (tertiary/aromatic N) is 4. The third-order valence-electron chi connectivity index (χ3n) is 6.01. The highest BCUT2D eigenvalue weighted by atomic mass is 16.3. The molecule has 3 atom stereocenters. The van der Waals surface area contributed by atoms with Gasteiger partial charge in [0.1, 0.15) is 12.1 Å². The molecule has 3 fully saturated rings. The molecule has 7 heteroatoms. The van der Waals surface area contributed by atoms with Crippen molar-refractivity contribution in [1.82, 2.24) is 19.7 Å². The van der Waals surface area contributed by atoms with Gasteiger partial charge in [-0.3, -0.25) is 19.5 Å². The zero-order valence-electron chi connectivity index (χ0n) is 15.0. The molecule has 0 saturated carbocycles. The summed E-state index contributed by atoms with van der Waals surface area (Å²) in [5, 5.41) is 11.0. The molecule has 0 unspecified atom stereocenters. The molecular formula is C20H22N4O3. The minimum Gasteiger partial charge on any atom is -0.391 e. The summed E-state index contributed by atoms with van der Waals surface area (Å²) in [4.78, 5) is 35.6. The van der Waals surface area contributed by atoms with Crippen LogP contribution in [-0.4, -0.2) is 81.0 Å². The van der Waals surface area contributed by atoms with Crippen LogP contribution in [0.4, 0.5) is 0 Å². The second-order valence-electron chi connectivity index (χ2n) is 7.67. The van der Waals surface area contributed by atoms with Crippen molar-refractivity contribution in [1.29, 1.82) is 0 Å². The van der Waals surface area contributed by atoms with E-state index in [1.54, 1.807) is 16.0 Å². The number of aromatic nitrogens is 1. The van der Waals surface area contributed by atoms with Gasteiger partial charge in [0.15, 0.2) is 0 Å². The number of hydrogen-bond acceptors (Lipinski definition) is 5. The number of aliphatic hydroxyl groups is 1. The first-order chi connectivity index (χ1) is 13.1. The number of rotatable bonds is 2. The maximum absolute atomic E-state index is 12.9. The van der Waals surface area contributed by atoms with Gasteiger partial charge in [0.05, 0.1) is 11.6 Å². The van der Waals surface area contributed by atoms with E-state index in [2.05, 4.69) is 22.0 Å². The number of piperazine rings is 2. The van der Waals surface area contributed by atoms with Gasteiger partial charge in [-0.15, -0.1) is 0 Å². The molecule has 0 radical (unpaired) electrons. The predicted octanol–water partition coefficient (Wildman–Crippen LogP) is 0.223. The van der Waals surface area contributed by atoms with E-state index in [0.717, 1.165) is 24.0 Å². The van der Waals surface area contributed by atoms with E-state index >= 15 is 0 Å². The molecule has 0 aliphatic carbocycles. The van der Waals surface area contributed by atoms with Crippen LogP contribution < -0.4 is 0 Å². The van der Waals surface area contributed by atoms with Crippen molar-refractivity contribution in [3.63, 3.8) is 0 Å². The van der Waals surface area contributed by atoms with Crippen LogP contribution in [0.3, 0.4) is 0 Å². The zero-order valence-corrected chi connectivity index (χ0v) is 15.0. The number of pyridine rings is 1. The monoisotopic (exact) mass is 366 g/mol. The molecule has 0 bridgehead atoms. The van der Waals surface area contributed by atoms with Crippen molar-refractivity contribution < 1.29 is 14.7 Å². The van der Waals surface area contributed by atoms with Crippen LogP contribution >= 0.6 is 0 Å². The fraction of sp³-hybridized carbons (Fsp3) is 0.450. The Kier molecular flexibility index (Phi) is 3.87. The van der Waals surface area contributed by atoms with E-state index in [1.807, 2.05) is 18.2 Å². The first-order valence-corrected chi connectivity index (χ1v) is 9.46. The predicted molar refractivity (Wildman–Crippen MR) is 98.6 cm³/mol. The molecule has 3 saturated heterocycles. The molecule has 1 N–H and O–H groups in total. The summed E-state index contributed by atoms with van der Waals surface area (Å²) in [7, 11) is 0. The number of amides is 2. The van der Waals surface area contributed by atoms with Crippen molar-refractivity contribution in [2.45, 2.75) is 31.2 Å². The molecule has 27 heavy (non-hydrogen) atoms. The molecule has 1 aromatic carbocycles. The Morgan fingerprint density at radius 1 is 1.00 bits per heavy atom. The number of carbonyl (C=O) groups is 2. The first-order valence-electron chi connectivity index (χ1n) is 9.46. The number of aliphatic hydroxyl groups excluding tert-OH is 1. The summed E-state index contributed by atoms with van der Waals surface area (Å²) < 4.78 is 0. The van der Waals surface area contributed by atoms with Crippen LogP contribution in [-0.2, 0) is 16.1 Å². The van der Waals surface area contributed by atoms with Gasteiger partial charge >= 0.3 is 0 Å². The lowest BCUT2D eigenvalue weighted by Gasteiger charge is -2.47. The molecule has 7 nitrogen and oxygen atoms in total. The molecule has 4 heterocycles. The molecule has 140 valence electrons. The summed E-state index contributed by atoms with van der Waals surface area (Å²) in [5.41, 5.74) is 2.14. The fourth-order valence-electron chi connectivity index (χ4n) is 4.68. The Hall–Kier alpha value is -2.51. The van der Waals surface area contributed by atoms with Crippen molar-refractivity contribution in [2.24, 2.45) is 0 Å². The third kappa shape index (κ3) is 2.69.